The molecule has 5 nitrogen and oxygen atoms in total. The fourth-order valence-corrected chi connectivity index (χ4v) is 6.66. The summed E-state index contributed by atoms with van der Waals surface area (Å²) in [5.74, 6) is 0.735. The van der Waals surface area contributed by atoms with Gasteiger partial charge < -0.3 is 4.74 Å². The molecule has 0 saturated carbocycles. The van der Waals surface area contributed by atoms with E-state index >= 15 is 0 Å². The Morgan fingerprint density at radius 3 is 2.42 bits per heavy atom. The number of halogens is 4. The van der Waals surface area contributed by atoms with E-state index in [-0.39, 0.29) is 6.54 Å². The van der Waals surface area contributed by atoms with Crippen LogP contribution in [0, 0.1) is 5.92 Å². The molecule has 0 radical (unpaired) electrons. The Labute approximate surface area is 216 Å². The molecule has 10 heteroatoms. The fourth-order valence-electron chi connectivity index (χ4n) is 4.76. The molecule has 0 amide bonds. The molecule has 0 bridgehead atoms. The van der Waals surface area contributed by atoms with Crippen LogP contribution in [0.2, 0.25) is 0 Å². The van der Waals surface area contributed by atoms with Crippen LogP contribution in [0.4, 0.5) is 18.9 Å². The zero-order valence-corrected chi connectivity index (χ0v) is 21.6. The molecule has 0 aromatic heterocycles. The lowest BCUT2D eigenvalue weighted by Gasteiger charge is -2.43. The van der Waals surface area contributed by atoms with Gasteiger partial charge >= 0.3 is 6.18 Å². The number of benzene rings is 3. The smallest absolute Gasteiger partial charge is 0.416 e. The second kappa shape index (κ2) is 9.72. The van der Waals surface area contributed by atoms with E-state index < -0.39 is 32.8 Å². The monoisotopic (exact) mass is 580 g/mol. The van der Waals surface area contributed by atoms with E-state index in [0.29, 0.717) is 34.3 Å². The maximum Gasteiger partial charge on any atom is 0.416 e. The highest BCUT2D eigenvalue weighted by Crippen LogP contribution is 2.41. The van der Waals surface area contributed by atoms with Gasteiger partial charge in [-0.3, -0.25) is 9.21 Å². The Bertz CT molecular complexity index is 1350. The molecular formula is C26H24BrF3N2O3S. The molecule has 3 aromatic rings. The van der Waals surface area contributed by atoms with Crippen LogP contribution in [-0.2, 0) is 22.7 Å². The van der Waals surface area contributed by atoms with Crippen LogP contribution in [0.25, 0.3) is 0 Å². The number of alkyl halides is 3. The average Bonchev–Trinajstić information content (AvgIpc) is 2.82. The molecule has 2 aliphatic heterocycles. The minimum Gasteiger partial charge on any atom is -0.486 e. The summed E-state index contributed by atoms with van der Waals surface area (Å²) in [6, 6.07) is 19.1. The SMILES string of the molecule is O=S(=O)(c1cccc(C(F)(F)F)c1)N1C[C@H](CC2CN(Cc3ccccc3)C2)Oc2ccc(Br)cc21. The van der Waals surface area contributed by atoms with Gasteiger partial charge in [0.15, 0.2) is 0 Å². The van der Waals surface area contributed by atoms with Gasteiger partial charge in [-0.2, -0.15) is 13.2 Å². The van der Waals surface area contributed by atoms with Crippen molar-refractivity contribution in [2.45, 2.75) is 30.1 Å². The van der Waals surface area contributed by atoms with Gasteiger partial charge in [0.2, 0.25) is 0 Å². The standard InChI is InChI=1S/C26H24BrF3N2O3S/c27-21-9-10-25-24(13-21)32(36(33,34)23-8-4-7-20(12-23)26(28,29)30)17-22(35-25)11-19-15-31(16-19)14-18-5-2-1-3-6-18/h1-10,12-13,19,22H,11,14-17H2/t22-/m0/s1. The van der Waals surface area contributed by atoms with Gasteiger partial charge in [-0.25, -0.2) is 8.42 Å². The highest BCUT2D eigenvalue weighted by atomic mass is 79.9. The molecule has 36 heavy (non-hydrogen) atoms. The molecule has 0 N–H and O–H groups in total. The van der Waals surface area contributed by atoms with Gasteiger partial charge in [-0.05, 0) is 54.3 Å². The summed E-state index contributed by atoms with van der Waals surface area (Å²) in [7, 11) is -4.26. The van der Waals surface area contributed by atoms with Crippen molar-refractivity contribution < 1.29 is 26.3 Å². The van der Waals surface area contributed by atoms with Crippen molar-refractivity contribution in [3.8, 4) is 5.75 Å². The van der Waals surface area contributed by atoms with Crippen LogP contribution in [0.1, 0.15) is 17.5 Å². The van der Waals surface area contributed by atoms with E-state index in [1.54, 1.807) is 18.2 Å². The van der Waals surface area contributed by atoms with E-state index in [1.165, 1.54) is 15.9 Å². The Kier molecular flexibility index (Phi) is 6.78. The molecule has 1 atom stereocenters. The predicted molar refractivity (Wildman–Crippen MR) is 134 cm³/mol. The Hall–Kier alpha value is -2.56. The lowest BCUT2D eigenvalue weighted by Crippen LogP contribution is -2.50. The summed E-state index contributed by atoms with van der Waals surface area (Å²) in [5, 5.41) is 0. The molecule has 190 valence electrons. The van der Waals surface area contributed by atoms with Gasteiger partial charge in [0.25, 0.3) is 10.0 Å². The van der Waals surface area contributed by atoms with Crippen molar-refractivity contribution in [3.05, 3.63) is 88.4 Å². The minimum atomic E-state index is -4.64. The predicted octanol–water partition coefficient (Wildman–Crippen LogP) is 5.95. The van der Waals surface area contributed by atoms with Crippen molar-refractivity contribution in [3.63, 3.8) is 0 Å². The molecular weight excluding hydrogens is 557 g/mol. The van der Waals surface area contributed by atoms with Crippen LogP contribution < -0.4 is 9.04 Å². The van der Waals surface area contributed by atoms with Crippen LogP contribution in [0.15, 0.2) is 82.2 Å². The van der Waals surface area contributed by atoms with E-state index in [4.69, 9.17) is 4.74 Å². The molecule has 5 rings (SSSR count). The number of anilines is 1. The van der Waals surface area contributed by atoms with Gasteiger partial charge in [0.1, 0.15) is 11.9 Å². The highest BCUT2D eigenvalue weighted by molar-refractivity contribution is 9.10. The van der Waals surface area contributed by atoms with Gasteiger partial charge in [-0.15, -0.1) is 0 Å². The second-order valence-corrected chi connectivity index (χ2v) is 12.0. The first kappa shape index (κ1) is 25.1. The van der Waals surface area contributed by atoms with Gasteiger partial charge in [-0.1, -0.05) is 52.3 Å². The third kappa shape index (κ3) is 5.26. The first-order valence-corrected chi connectivity index (χ1v) is 13.8. The number of ether oxygens (including phenoxy) is 1. The van der Waals surface area contributed by atoms with Crippen LogP contribution >= 0.6 is 15.9 Å². The summed E-state index contributed by atoms with van der Waals surface area (Å²) >= 11 is 3.36. The first-order valence-electron chi connectivity index (χ1n) is 11.5. The van der Waals surface area contributed by atoms with Crippen molar-refractivity contribution in [1.82, 2.24) is 4.90 Å². The normalized spacial score (nSPS) is 18.9. The third-order valence-corrected chi connectivity index (χ3v) is 8.75. The summed E-state index contributed by atoms with van der Waals surface area (Å²) in [6.07, 6.45) is -4.41. The fraction of sp³-hybridized carbons (Fsp3) is 0.308. The van der Waals surface area contributed by atoms with Crippen LogP contribution in [0.3, 0.4) is 0 Å². The molecule has 2 heterocycles. The summed E-state index contributed by atoms with van der Waals surface area (Å²) in [5.41, 5.74) is 0.538. The highest BCUT2D eigenvalue weighted by Gasteiger charge is 2.39. The quantitative estimate of drug-likeness (QED) is 0.362. The van der Waals surface area contributed by atoms with Crippen LogP contribution in [-0.4, -0.2) is 39.1 Å². The maximum atomic E-state index is 13.6. The third-order valence-electron chi connectivity index (χ3n) is 6.48. The van der Waals surface area contributed by atoms with Crippen molar-refractivity contribution in [1.29, 1.82) is 0 Å². The minimum absolute atomic E-state index is 0.0250. The number of likely N-dealkylation sites (tertiary alicyclic amines) is 1. The zero-order valence-electron chi connectivity index (χ0n) is 19.2. The van der Waals surface area contributed by atoms with E-state index in [2.05, 4.69) is 33.0 Å². The Balaban J connectivity index is 1.35. The summed E-state index contributed by atoms with van der Waals surface area (Å²) in [4.78, 5) is 1.92. The lowest BCUT2D eigenvalue weighted by molar-refractivity contribution is -0.137. The van der Waals surface area contributed by atoms with Gasteiger partial charge in [0.05, 0.1) is 22.7 Å². The lowest BCUT2D eigenvalue weighted by atomic mass is 9.92. The van der Waals surface area contributed by atoms with E-state index in [1.807, 2.05) is 18.2 Å². The molecule has 0 spiro atoms. The summed E-state index contributed by atoms with van der Waals surface area (Å²) in [6.45, 7) is 2.64. The number of nitrogens with zero attached hydrogens (tertiary/aromatic N) is 2. The number of hydrogen-bond acceptors (Lipinski definition) is 4. The second-order valence-electron chi connectivity index (χ2n) is 9.20. The van der Waals surface area contributed by atoms with E-state index in [9.17, 15) is 21.6 Å². The number of fused-ring (bicyclic) bond motifs is 1. The summed E-state index contributed by atoms with van der Waals surface area (Å²) < 4.78 is 75.0. The molecule has 3 aromatic carbocycles. The maximum absolute atomic E-state index is 13.6. The van der Waals surface area contributed by atoms with Gasteiger partial charge in [0, 0.05) is 24.1 Å². The first-order chi connectivity index (χ1) is 17.1. The van der Waals surface area contributed by atoms with Crippen molar-refractivity contribution >= 4 is 31.6 Å². The Morgan fingerprint density at radius 1 is 0.944 bits per heavy atom. The number of rotatable bonds is 6. The molecule has 2 aliphatic rings. The van der Waals surface area contributed by atoms with Crippen LogP contribution in [0.5, 0.6) is 5.75 Å². The number of sulfonamides is 1. The van der Waals surface area contributed by atoms with Crippen molar-refractivity contribution in [2.24, 2.45) is 5.92 Å². The number of hydrogen-bond donors (Lipinski definition) is 0. The largest absolute Gasteiger partial charge is 0.486 e. The topological polar surface area (TPSA) is 49.9 Å². The van der Waals surface area contributed by atoms with E-state index in [0.717, 1.165) is 31.8 Å². The average molecular weight is 581 g/mol. The zero-order chi connectivity index (χ0) is 25.5. The molecule has 0 aliphatic carbocycles. The molecule has 0 unspecified atom stereocenters. The van der Waals surface area contributed by atoms with Crippen molar-refractivity contribution in [2.75, 3.05) is 23.9 Å². The molecule has 1 saturated heterocycles. The Morgan fingerprint density at radius 2 is 1.69 bits per heavy atom. The molecule has 1 fully saturated rings.